The molecule has 0 spiro atoms. The smallest absolute Gasteiger partial charge is 0.410 e. The summed E-state index contributed by atoms with van der Waals surface area (Å²) in [5, 5.41) is 4.84. The average molecular weight is 330 g/mol. The van der Waals surface area contributed by atoms with E-state index in [1.54, 1.807) is 11.3 Å². The van der Waals surface area contributed by atoms with Gasteiger partial charge in [0.2, 0.25) is 5.91 Å². The van der Waals surface area contributed by atoms with Crippen LogP contribution in [0.1, 0.15) is 10.4 Å². The van der Waals surface area contributed by atoms with Gasteiger partial charge in [-0.15, -0.1) is 11.3 Å². The molecule has 2 aromatic rings. The van der Waals surface area contributed by atoms with Crippen LogP contribution in [0.15, 0.2) is 47.8 Å². The van der Waals surface area contributed by atoms with E-state index in [1.165, 1.54) is 10.5 Å². The van der Waals surface area contributed by atoms with Crippen molar-refractivity contribution in [1.82, 2.24) is 10.2 Å². The minimum atomic E-state index is -0.555. The van der Waals surface area contributed by atoms with E-state index >= 15 is 0 Å². The zero-order valence-corrected chi connectivity index (χ0v) is 13.4. The van der Waals surface area contributed by atoms with Crippen LogP contribution in [0.25, 0.3) is 0 Å². The van der Waals surface area contributed by atoms with Crippen molar-refractivity contribution >= 4 is 23.3 Å². The molecule has 1 N–H and O–H groups in total. The summed E-state index contributed by atoms with van der Waals surface area (Å²) in [6, 6.07) is 13.3. The standard InChI is InChI=1S/C17H18N2O3S/c20-16(18-9-8-13-5-2-1-3-6-13)15-12-22-17(21)19(15)11-14-7-4-10-23-14/h1-7,10,15H,8-9,11-12H2,(H,18,20)/t15-/m0/s1. The number of rotatable bonds is 6. The van der Waals surface area contributed by atoms with Crippen molar-refractivity contribution in [2.75, 3.05) is 13.2 Å². The Kier molecular flexibility index (Phi) is 4.92. The van der Waals surface area contributed by atoms with E-state index < -0.39 is 12.1 Å². The first-order valence-electron chi connectivity index (χ1n) is 7.51. The van der Waals surface area contributed by atoms with E-state index in [2.05, 4.69) is 5.32 Å². The fourth-order valence-corrected chi connectivity index (χ4v) is 3.21. The topological polar surface area (TPSA) is 58.6 Å². The minimum absolute atomic E-state index is 0.112. The third-order valence-corrected chi connectivity index (χ3v) is 4.60. The van der Waals surface area contributed by atoms with Crippen LogP contribution in [-0.2, 0) is 22.5 Å². The molecule has 1 aliphatic heterocycles. The molecule has 2 amide bonds. The number of carbonyl (C=O) groups excluding carboxylic acids is 2. The van der Waals surface area contributed by atoms with Gasteiger partial charge in [0, 0.05) is 11.4 Å². The number of thiophene rings is 1. The lowest BCUT2D eigenvalue weighted by Crippen LogP contribution is -2.45. The zero-order chi connectivity index (χ0) is 16.1. The monoisotopic (exact) mass is 330 g/mol. The van der Waals surface area contributed by atoms with E-state index in [9.17, 15) is 9.59 Å². The molecule has 1 aromatic carbocycles. The molecule has 0 saturated carbocycles. The Morgan fingerprint density at radius 3 is 2.83 bits per heavy atom. The van der Waals surface area contributed by atoms with Gasteiger partial charge in [0.25, 0.3) is 0 Å². The summed E-state index contributed by atoms with van der Waals surface area (Å²) in [6.45, 7) is 1.06. The highest BCUT2D eigenvalue weighted by molar-refractivity contribution is 7.09. The Balaban J connectivity index is 1.54. The number of hydrogen-bond acceptors (Lipinski definition) is 4. The second-order valence-corrected chi connectivity index (χ2v) is 6.36. The molecule has 23 heavy (non-hydrogen) atoms. The van der Waals surface area contributed by atoms with Crippen LogP contribution in [0, 0.1) is 0 Å². The SMILES string of the molecule is O=C(NCCc1ccccc1)[C@@H]1COC(=O)N1Cc1cccs1. The predicted octanol–water partition coefficient (Wildman–Crippen LogP) is 2.43. The van der Waals surface area contributed by atoms with E-state index in [-0.39, 0.29) is 12.5 Å². The second-order valence-electron chi connectivity index (χ2n) is 5.33. The van der Waals surface area contributed by atoms with Crippen LogP contribution in [0.2, 0.25) is 0 Å². The van der Waals surface area contributed by atoms with Gasteiger partial charge in [0.1, 0.15) is 12.6 Å². The van der Waals surface area contributed by atoms with E-state index in [4.69, 9.17) is 4.74 Å². The Morgan fingerprint density at radius 1 is 1.26 bits per heavy atom. The van der Waals surface area contributed by atoms with Crippen molar-refractivity contribution in [3.05, 3.63) is 58.3 Å². The molecule has 2 heterocycles. The lowest BCUT2D eigenvalue weighted by atomic mass is 10.1. The van der Waals surface area contributed by atoms with E-state index in [1.807, 2.05) is 47.8 Å². The third kappa shape index (κ3) is 3.90. The highest BCUT2D eigenvalue weighted by Crippen LogP contribution is 2.19. The first-order valence-corrected chi connectivity index (χ1v) is 8.39. The first-order chi connectivity index (χ1) is 11.2. The van der Waals surface area contributed by atoms with Gasteiger partial charge in [-0.05, 0) is 23.4 Å². The summed E-state index contributed by atoms with van der Waals surface area (Å²) in [5.74, 6) is -0.164. The van der Waals surface area contributed by atoms with Crippen molar-refractivity contribution in [2.45, 2.75) is 19.0 Å². The maximum Gasteiger partial charge on any atom is 0.410 e. The number of nitrogens with zero attached hydrogens (tertiary/aromatic N) is 1. The van der Waals surface area contributed by atoms with Gasteiger partial charge in [-0.25, -0.2) is 4.79 Å². The number of carbonyl (C=O) groups is 2. The Bertz CT molecular complexity index is 658. The summed E-state index contributed by atoms with van der Waals surface area (Å²) < 4.78 is 5.04. The van der Waals surface area contributed by atoms with E-state index in [0.717, 1.165) is 11.3 Å². The van der Waals surface area contributed by atoms with E-state index in [0.29, 0.717) is 13.1 Å². The van der Waals surface area contributed by atoms with Crippen LogP contribution in [0.3, 0.4) is 0 Å². The molecule has 0 unspecified atom stereocenters. The van der Waals surface area contributed by atoms with Crippen molar-refractivity contribution in [3.63, 3.8) is 0 Å². The summed E-state index contributed by atoms with van der Waals surface area (Å²) in [6.07, 6.45) is 0.334. The maximum atomic E-state index is 12.3. The molecule has 0 aliphatic carbocycles. The minimum Gasteiger partial charge on any atom is -0.447 e. The number of benzene rings is 1. The van der Waals surface area contributed by atoms with Crippen molar-refractivity contribution < 1.29 is 14.3 Å². The summed E-state index contributed by atoms with van der Waals surface area (Å²) in [5.41, 5.74) is 1.17. The molecule has 5 nitrogen and oxygen atoms in total. The first kappa shape index (κ1) is 15.6. The number of ether oxygens (including phenoxy) is 1. The molecule has 1 saturated heterocycles. The quantitative estimate of drug-likeness (QED) is 0.885. The van der Waals surface area contributed by atoms with Crippen molar-refractivity contribution in [1.29, 1.82) is 0 Å². The number of hydrogen-bond donors (Lipinski definition) is 1. The Hall–Kier alpha value is -2.34. The van der Waals surface area contributed by atoms with Gasteiger partial charge < -0.3 is 10.1 Å². The normalized spacial score (nSPS) is 17.1. The molecule has 0 bridgehead atoms. The summed E-state index contributed by atoms with van der Waals surface area (Å²) >= 11 is 1.56. The molecule has 1 aromatic heterocycles. The highest BCUT2D eigenvalue weighted by Gasteiger charge is 2.37. The van der Waals surface area contributed by atoms with Crippen LogP contribution in [-0.4, -0.2) is 36.1 Å². The van der Waals surface area contributed by atoms with Crippen molar-refractivity contribution in [2.24, 2.45) is 0 Å². The highest BCUT2D eigenvalue weighted by atomic mass is 32.1. The molecule has 1 fully saturated rings. The molecule has 1 atom stereocenters. The van der Waals surface area contributed by atoms with Gasteiger partial charge in [-0.1, -0.05) is 36.4 Å². The molecule has 0 radical (unpaired) electrons. The number of amides is 2. The Morgan fingerprint density at radius 2 is 2.09 bits per heavy atom. The second kappa shape index (κ2) is 7.28. The number of cyclic esters (lactones) is 1. The largest absolute Gasteiger partial charge is 0.447 e. The molecular formula is C17H18N2O3S. The Labute approximate surface area is 138 Å². The van der Waals surface area contributed by atoms with Crippen LogP contribution < -0.4 is 5.32 Å². The average Bonchev–Trinajstić information content (AvgIpc) is 3.20. The third-order valence-electron chi connectivity index (χ3n) is 3.74. The van der Waals surface area contributed by atoms with Gasteiger partial charge in [-0.3, -0.25) is 9.69 Å². The molecule has 3 rings (SSSR count). The van der Waals surface area contributed by atoms with Crippen molar-refractivity contribution in [3.8, 4) is 0 Å². The van der Waals surface area contributed by atoms with Gasteiger partial charge in [-0.2, -0.15) is 0 Å². The molecular weight excluding hydrogens is 312 g/mol. The van der Waals surface area contributed by atoms with Gasteiger partial charge >= 0.3 is 6.09 Å². The maximum absolute atomic E-state index is 12.3. The van der Waals surface area contributed by atoms with Crippen LogP contribution in [0.5, 0.6) is 0 Å². The zero-order valence-electron chi connectivity index (χ0n) is 12.6. The fourth-order valence-electron chi connectivity index (χ4n) is 2.51. The predicted molar refractivity (Wildman–Crippen MR) is 88.2 cm³/mol. The molecule has 1 aliphatic rings. The lowest BCUT2D eigenvalue weighted by molar-refractivity contribution is -0.124. The van der Waals surface area contributed by atoms with Crippen LogP contribution >= 0.6 is 11.3 Å². The number of nitrogens with one attached hydrogen (secondary N) is 1. The van der Waals surface area contributed by atoms with Gasteiger partial charge in [0.15, 0.2) is 0 Å². The molecule has 6 heteroatoms. The van der Waals surface area contributed by atoms with Gasteiger partial charge in [0.05, 0.1) is 6.54 Å². The fraction of sp³-hybridized carbons (Fsp3) is 0.294. The lowest BCUT2D eigenvalue weighted by Gasteiger charge is -2.20. The summed E-state index contributed by atoms with van der Waals surface area (Å²) in [4.78, 5) is 26.7. The molecule has 120 valence electrons. The van der Waals surface area contributed by atoms with Crippen LogP contribution in [0.4, 0.5) is 4.79 Å². The summed E-state index contributed by atoms with van der Waals surface area (Å²) in [7, 11) is 0.